The number of ether oxygens (including phenoxy) is 2. The molecule has 3 rings (SSSR count). The van der Waals surface area contributed by atoms with Crippen molar-refractivity contribution in [1.29, 1.82) is 0 Å². The van der Waals surface area contributed by atoms with Crippen molar-refractivity contribution in [3.05, 3.63) is 53.8 Å². The van der Waals surface area contributed by atoms with Crippen LogP contribution in [-0.2, 0) is 10.3 Å². The Labute approximate surface area is 171 Å². The molecule has 1 atom stereocenters. The van der Waals surface area contributed by atoms with Crippen molar-refractivity contribution < 1.29 is 27.0 Å². The average molecular weight is 434 g/mol. The standard InChI is InChI=1S/C19H19F4N3O2.ClH/c1-18(10-27-9-17(24)26-18)13-8-12(6-7-14(13)20)25-15-4-2-3-5-16(15)28-11-19(21,22)23;/h2-8,25H,9-11H2,1H3,(H2,24,26);1H/t18-;/m0./s1. The van der Waals surface area contributed by atoms with Gasteiger partial charge in [0.25, 0.3) is 0 Å². The van der Waals surface area contributed by atoms with Crippen molar-refractivity contribution in [3.8, 4) is 5.75 Å². The van der Waals surface area contributed by atoms with Crippen molar-refractivity contribution in [3.63, 3.8) is 0 Å². The quantitative estimate of drug-likeness (QED) is 0.679. The molecule has 0 spiro atoms. The molecule has 10 heteroatoms. The summed E-state index contributed by atoms with van der Waals surface area (Å²) in [7, 11) is 0. The Morgan fingerprint density at radius 3 is 2.66 bits per heavy atom. The zero-order chi connectivity index (χ0) is 20.4. The van der Waals surface area contributed by atoms with Crippen molar-refractivity contribution in [1.82, 2.24) is 0 Å². The average Bonchev–Trinajstić information content (AvgIpc) is 2.61. The first kappa shape index (κ1) is 22.8. The lowest BCUT2D eigenvalue weighted by molar-refractivity contribution is -0.153. The first-order chi connectivity index (χ1) is 13.2. The Kier molecular flexibility index (Phi) is 6.97. The number of benzene rings is 2. The van der Waals surface area contributed by atoms with Gasteiger partial charge in [0.2, 0.25) is 0 Å². The molecule has 1 heterocycles. The van der Waals surface area contributed by atoms with Crippen LogP contribution in [0.25, 0.3) is 0 Å². The Balaban J connectivity index is 0.00000300. The lowest BCUT2D eigenvalue weighted by atomic mass is 9.91. The molecule has 0 saturated carbocycles. The molecule has 0 radical (unpaired) electrons. The van der Waals surface area contributed by atoms with Crippen LogP contribution in [0.1, 0.15) is 12.5 Å². The van der Waals surface area contributed by atoms with Gasteiger partial charge in [-0.05, 0) is 37.3 Å². The summed E-state index contributed by atoms with van der Waals surface area (Å²) in [5, 5.41) is 2.96. The van der Waals surface area contributed by atoms with E-state index in [1.807, 2.05) is 0 Å². The minimum absolute atomic E-state index is 0. The van der Waals surface area contributed by atoms with E-state index in [9.17, 15) is 17.6 Å². The highest BCUT2D eigenvalue weighted by atomic mass is 35.5. The van der Waals surface area contributed by atoms with Crippen LogP contribution in [0, 0.1) is 5.82 Å². The van der Waals surface area contributed by atoms with Gasteiger partial charge >= 0.3 is 6.18 Å². The lowest BCUT2D eigenvalue weighted by Crippen LogP contribution is -2.38. The molecule has 0 bridgehead atoms. The van der Waals surface area contributed by atoms with E-state index in [2.05, 4.69) is 10.3 Å². The second kappa shape index (κ2) is 8.87. The number of rotatable bonds is 5. The summed E-state index contributed by atoms with van der Waals surface area (Å²) < 4.78 is 62.1. The summed E-state index contributed by atoms with van der Waals surface area (Å²) in [6, 6.07) is 10.4. The molecule has 1 aliphatic heterocycles. The van der Waals surface area contributed by atoms with Crippen LogP contribution in [0.2, 0.25) is 0 Å². The van der Waals surface area contributed by atoms with Crippen molar-refractivity contribution in [2.45, 2.75) is 18.6 Å². The first-order valence-electron chi connectivity index (χ1n) is 8.44. The van der Waals surface area contributed by atoms with E-state index in [1.54, 1.807) is 25.1 Å². The van der Waals surface area contributed by atoms with Crippen LogP contribution in [0.15, 0.2) is 47.5 Å². The number of nitrogens with two attached hydrogens (primary N) is 1. The lowest BCUT2D eigenvalue weighted by Gasteiger charge is -2.30. The van der Waals surface area contributed by atoms with Gasteiger partial charge in [-0.2, -0.15) is 13.2 Å². The van der Waals surface area contributed by atoms with Gasteiger partial charge in [0.1, 0.15) is 29.5 Å². The maximum atomic E-state index is 14.5. The third-order valence-corrected chi connectivity index (χ3v) is 4.13. The van der Waals surface area contributed by atoms with Gasteiger partial charge in [-0.1, -0.05) is 12.1 Å². The minimum atomic E-state index is -4.45. The molecule has 2 aromatic carbocycles. The maximum Gasteiger partial charge on any atom is 0.422 e. The maximum absolute atomic E-state index is 14.5. The monoisotopic (exact) mass is 433 g/mol. The summed E-state index contributed by atoms with van der Waals surface area (Å²) >= 11 is 0. The number of aliphatic imine (C=N–C) groups is 1. The fraction of sp³-hybridized carbons (Fsp3) is 0.316. The molecule has 0 aliphatic carbocycles. The van der Waals surface area contributed by atoms with E-state index in [0.29, 0.717) is 11.4 Å². The Hall–Kier alpha value is -2.52. The van der Waals surface area contributed by atoms with Crippen molar-refractivity contribution in [2.24, 2.45) is 10.7 Å². The minimum Gasteiger partial charge on any atom is -0.482 e. The number of hydrogen-bond donors (Lipinski definition) is 2. The largest absolute Gasteiger partial charge is 0.482 e. The number of amidine groups is 1. The van der Waals surface area contributed by atoms with E-state index >= 15 is 0 Å². The molecule has 5 nitrogen and oxygen atoms in total. The van der Waals surface area contributed by atoms with E-state index in [0.717, 1.165) is 0 Å². The predicted octanol–water partition coefficient (Wildman–Crippen LogP) is 4.53. The van der Waals surface area contributed by atoms with Crippen LogP contribution in [0.3, 0.4) is 0 Å². The van der Waals surface area contributed by atoms with Gasteiger partial charge in [0, 0.05) is 11.3 Å². The van der Waals surface area contributed by atoms with Gasteiger partial charge < -0.3 is 20.5 Å². The van der Waals surface area contributed by atoms with Gasteiger partial charge in [-0.3, -0.25) is 4.99 Å². The fourth-order valence-electron chi connectivity index (χ4n) is 2.90. The van der Waals surface area contributed by atoms with E-state index in [-0.39, 0.29) is 42.8 Å². The Morgan fingerprint density at radius 1 is 1.24 bits per heavy atom. The van der Waals surface area contributed by atoms with E-state index < -0.39 is 24.1 Å². The molecule has 0 saturated heterocycles. The number of hydrogen-bond acceptors (Lipinski definition) is 5. The number of para-hydroxylation sites is 2. The smallest absolute Gasteiger partial charge is 0.422 e. The third-order valence-electron chi connectivity index (χ3n) is 4.13. The van der Waals surface area contributed by atoms with Crippen molar-refractivity contribution >= 4 is 29.6 Å². The van der Waals surface area contributed by atoms with Crippen molar-refractivity contribution in [2.75, 3.05) is 25.1 Å². The zero-order valence-electron chi connectivity index (χ0n) is 15.4. The fourth-order valence-corrected chi connectivity index (χ4v) is 2.90. The van der Waals surface area contributed by atoms with E-state index in [1.165, 1.54) is 24.3 Å². The summed E-state index contributed by atoms with van der Waals surface area (Å²) in [6.07, 6.45) is -4.45. The third kappa shape index (κ3) is 5.74. The number of alkyl halides is 3. The molecule has 0 amide bonds. The van der Waals surface area contributed by atoms with Crippen LogP contribution in [0.4, 0.5) is 28.9 Å². The van der Waals surface area contributed by atoms with Crippen LogP contribution in [0.5, 0.6) is 5.75 Å². The molecule has 2 aromatic rings. The topological polar surface area (TPSA) is 68.9 Å². The predicted molar refractivity (Wildman–Crippen MR) is 105 cm³/mol. The molecular formula is C19H20ClF4N3O2. The Bertz CT molecular complexity index is 892. The second-order valence-electron chi connectivity index (χ2n) is 6.59. The molecule has 0 fully saturated rings. The second-order valence-corrected chi connectivity index (χ2v) is 6.59. The highest BCUT2D eigenvalue weighted by molar-refractivity contribution is 5.85. The highest BCUT2D eigenvalue weighted by Gasteiger charge is 2.33. The van der Waals surface area contributed by atoms with Gasteiger partial charge in [0.05, 0.1) is 12.3 Å². The first-order valence-corrected chi connectivity index (χ1v) is 8.44. The van der Waals surface area contributed by atoms with Gasteiger partial charge in [0.15, 0.2) is 6.61 Å². The summed E-state index contributed by atoms with van der Waals surface area (Å²) in [5.74, 6) is -0.200. The normalized spacial score (nSPS) is 19.1. The number of nitrogens with one attached hydrogen (secondary N) is 1. The molecule has 1 aliphatic rings. The number of nitrogens with zero attached hydrogens (tertiary/aromatic N) is 1. The molecule has 0 aromatic heterocycles. The molecule has 29 heavy (non-hydrogen) atoms. The van der Waals surface area contributed by atoms with Crippen LogP contribution < -0.4 is 15.8 Å². The summed E-state index contributed by atoms with van der Waals surface area (Å²) in [5.41, 5.74) is 5.76. The van der Waals surface area contributed by atoms with Gasteiger partial charge in [-0.15, -0.1) is 12.4 Å². The summed E-state index contributed by atoms with van der Waals surface area (Å²) in [4.78, 5) is 4.32. The molecule has 3 N–H and O–H groups in total. The van der Waals surface area contributed by atoms with Crippen LogP contribution >= 0.6 is 12.4 Å². The number of halogens is 5. The zero-order valence-corrected chi connectivity index (χ0v) is 16.2. The Morgan fingerprint density at radius 2 is 1.97 bits per heavy atom. The number of anilines is 2. The SMILES string of the molecule is C[C@@]1(c2cc(Nc3ccccc3OCC(F)(F)F)ccc2F)COCC(N)=N1.Cl. The molecule has 158 valence electrons. The molecule has 0 unspecified atom stereocenters. The van der Waals surface area contributed by atoms with Gasteiger partial charge in [-0.25, -0.2) is 4.39 Å². The van der Waals surface area contributed by atoms with E-state index in [4.69, 9.17) is 15.2 Å². The van der Waals surface area contributed by atoms with Crippen LogP contribution in [-0.4, -0.2) is 31.8 Å². The molecular weight excluding hydrogens is 414 g/mol. The highest BCUT2D eigenvalue weighted by Crippen LogP contribution is 2.34. The summed E-state index contributed by atoms with van der Waals surface area (Å²) in [6.45, 7) is 0.615.